The predicted molar refractivity (Wildman–Crippen MR) is 88.9 cm³/mol. The Bertz CT molecular complexity index is 840. The molecule has 4 N–H and O–H groups in total. The Morgan fingerprint density at radius 1 is 1.09 bits per heavy atom. The molecule has 0 radical (unpaired) electrons. The average molecular weight is 307 g/mol. The zero-order valence-corrected chi connectivity index (χ0v) is 12.5. The number of aromatic amines is 1. The number of hydrogen-bond donors (Lipinski definition) is 3. The maximum Gasteiger partial charge on any atom is 0.252 e. The zero-order valence-electron chi connectivity index (χ0n) is 12.5. The van der Waals surface area contributed by atoms with Gasteiger partial charge in [-0.1, -0.05) is 36.4 Å². The van der Waals surface area contributed by atoms with Crippen molar-refractivity contribution in [3.63, 3.8) is 0 Å². The van der Waals surface area contributed by atoms with Crippen molar-refractivity contribution in [1.29, 1.82) is 0 Å². The van der Waals surface area contributed by atoms with Gasteiger partial charge in [0.2, 0.25) is 5.91 Å². The van der Waals surface area contributed by atoms with Crippen molar-refractivity contribution in [2.75, 3.05) is 0 Å². The summed E-state index contributed by atoms with van der Waals surface area (Å²) in [6.07, 6.45) is 2.18. The average Bonchev–Trinajstić information content (AvgIpc) is 3.02. The van der Waals surface area contributed by atoms with E-state index in [1.165, 1.54) is 0 Å². The first-order valence-electron chi connectivity index (χ1n) is 7.35. The first kappa shape index (κ1) is 14.8. The molecule has 1 atom stereocenters. The maximum atomic E-state index is 12.4. The molecule has 0 bridgehead atoms. The third kappa shape index (κ3) is 3.40. The van der Waals surface area contributed by atoms with E-state index in [9.17, 15) is 9.59 Å². The van der Waals surface area contributed by atoms with Crippen LogP contribution in [-0.2, 0) is 11.2 Å². The molecule has 5 nitrogen and oxygen atoms in total. The number of hydrogen-bond acceptors (Lipinski definition) is 2. The van der Waals surface area contributed by atoms with Crippen LogP contribution < -0.4 is 11.1 Å². The largest absolute Gasteiger partial charge is 0.368 e. The highest BCUT2D eigenvalue weighted by Crippen LogP contribution is 2.14. The Morgan fingerprint density at radius 3 is 2.61 bits per heavy atom. The normalized spacial score (nSPS) is 12.0. The number of carbonyl (C=O) groups excluding carboxylic acids is 2. The van der Waals surface area contributed by atoms with Crippen LogP contribution in [0.5, 0.6) is 0 Å². The summed E-state index contributed by atoms with van der Waals surface area (Å²) >= 11 is 0. The van der Waals surface area contributed by atoms with Gasteiger partial charge >= 0.3 is 0 Å². The van der Waals surface area contributed by atoms with Gasteiger partial charge < -0.3 is 16.0 Å². The fourth-order valence-electron chi connectivity index (χ4n) is 2.50. The van der Waals surface area contributed by atoms with Crippen LogP contribution in [0.3, 0.4) is 0 Å². The number of fused-ring (bicyclic) bond motifs is 1. The summed E-state index contributed by atoms with van der Waals surface area (Å²) < 4.78 is 0. The van der Waals surface area contributed by atoms with Crippen LogP contribution >= 0.6 is 0 Å². The fraction of sp³-hybridized carbons (Fsp3) is 0.111. The van der Waals surface area contributed by atoms with Gasteiger partial charge in [-0.3, -0.25) is 9.59 Å². The Kier molecular flexibility index (Phi) is 4.10. The Balaban J connectivity index is 1.76. The van der Waals surface area contributed by atoms with Crippen LogP contribution in [0.1, 0.15) is 15.9 Å². The predicted octanol–water partition coefficient (Wildman–Crippen LogP) is 1.99. The molecule has 0 spiro atoms. The minimum absolute atomic E-state index is 0.318. The molecule has 23 heavy (non-hydrogen) atoms. The highest BCUT2D eigenvalue weighted by molar-refractivity contribution is 6.00. The van der Waals surface area contributed by atoms with Gasteiger partial charge in [-0.05, 0) is 29.1 Å². The van der Waals surface area contributed by atoms with Gasteiger partial charge in [-0.15, -0.1) is 0 Å². The molecule has 0 saturated carbocycles. The molecule has 0 saturated heterocycles. The number of nitrogens with two attached hydrogens (primary N) is 1. The van der Waals surface area contributed by atoms with E-state index in [0.29, 0.717) is 12.0 Å². The smallest absolute Gasteiger partial charge is 0.252 e. The summed E-state index contributed by atoms with van der Waals surface area (Å²) in [5, 5.41) is 3.74. The lowest BCUT2D eigenvalue weighted by molar-refractivity contribution is -0.119. The van der Waals surface area contributed by atoms with Crippen LogP contribution in [0.15, 0.2) is 60.8 Å². The summed E-state index contributed by atoms with van der Waals surface area (Å²) in [5.74, 6) is -0.871. The topological polar surface area (TPSA) is 88.0 Å². The maximum absolute atomic E-state index is 12.4. The van der Waals surface area contributed by atoms with Crippen LogP contribution in [0.25, 0.3) is 10.9 Å². The standard InChI is InChI=1S/C18H17N3O2/c19-17(22)16(10-12-4-2-1-3-5-12)21-18(23)14-7-6-13-8-9-20-15(13)11-14/h1-9,11,16,20H,10H2,(H2,19,22)(H,21,23)/t16-/m0/s1. The molecule has 0 fully saturated rings. The highest BCUT2D eigenvalue weighted by Gasteiger charge is 2.19. The van der Waals surface area contributed by atoms with Crippen molar-refractivity contribution in [3.05, 3.63) is 71.9 Å². The number of carbonyl (C=O) groups is 2. The van der Waals surface area contributed by atoms with Crippen molar-refractivity contribution < 1.29 is 9.59 Å². The number of aromatic nitrogens is 1. The second-order valence-corrected chi connectivity index (χ2v) is 5.40. The lowest BCUT2D eigenvalue weighted by Crippen LogP contribution is -2.45. The Morgan fingerprint density at radius 2 is 1.87 bits per heavy atom. The van der Waals surface area contributed by atoms with Gasteiger partial charge in [0.05, 0.1) is 0 Å². The number of primary amides is 1. The quantitative estimate of drug-likeness (QED) is 0.673. The molecule has 2 aromatic carbocycles. The lowest BCUT2D eigenvalue weighted by Gasteiger charge is -2.15. The Labute approximate surface area is 133 Å². The van der Waals surface area contributed by atoms with Crippen molar-refractivity contribution >= 4 is 22.7 Å². The first-order chi connectivity index (χ1) is 11.1. The second-order valence-electron chi connectivity index (χ2n) is 5.40. The number of nitrogens with one attached hydrogen (secondary N) is 2. The van der Waals surface area contributed by atoms with E-state index < -0.39 is 11.9 Å². The molecule has 5 heteroatoms. The summed E-state index contributed by atoms with van der Waals surface area (Å²) in [6.45, 7) is 0. The number of amides is 2. The van der Waals surface area contributed by atoms with Gasteiger partial charge in [0.15, 0.2) is 0 Å². The van der Waals surface area contributed by atoms with E-state index in [0.717, 1.165) is 16.5 Å². The SMILES string of the molecule is NC(=O)[C@H](Cc1ccccc1)NC(=O)c1ccc2cc[nH]c2c1. The van der Waals surface area contributed by atoms with E-state index in [4.69, 9.17) is 5.73 Å². The molecular formula is C18H17N3O2. The summed E-state index contributed by atoms with van der Waals surface area (Å²) in [5.41, 5.74) is 7.72. The molecule has 0 aliphatic rings. The van der Waals surface area contributed by atoms with Crippen LogP contribution in [0.4, 0.5) is 0 Å². The summed E-state index contributed by atoms with van der Waals surface area (Å²) in [4.78, 5) is 27.1. The van der Waals surface area contributed by atoms with Crippen LogP contribution in [0.2, 0.25) is 0 Å². The van der Waals surface area contributed by atoms with E-state index in [1.807, 2.05) is 48.7 Å². The molecular weight excluding hydrogens is 290 g/mol. The highest BCUT2D eigenvalue weighted by atomic mass is 16.2. The zero-order chi connectivity index (χ0) is 16.2. The summed E-state index contributed by atoms with van der Waals surface area (Å²) in [6, 6.07) is 16.0. The molecule has 116 valence electrons. The van der Waals surface area contributed by atoms with Crippen molar-refractivity contribution in [2.24, 2.45) is 5.73 Å². The molecule has 1 heterocycles. The molecule has 1 aromatic heterocycles. The summed E-state index contributed by atoms with van der Waals surface area (Å²) in [7, 11) is 0. The first-order valence-corrected chi connectivity index (χ1v) is 7.35. The van der Waals surface area contributed by atoms with E-state index >= 15 is 0 Å². The van der Waals surface area contributed by atoms with E-state index in [2.05, 4.69) is 10.3 Å². The number of H-pyrrole nitrogens is 1. The van der Waals surface area contributed by atoms with Crippen molar-refractivity contribution in [3.8, 4) is 0 Å². The van der Waals surface area contributed by atoms with Crippen molar-refractivity contribution in [1.82, 2.24) is 10.3 Å². The fourth-order valence-corrected chi connectivity index (χ4v) is 2.50. The van der Waals surface area contributed by atoms with E-state index in [1.54, 1.807) is 12.1 Å². The Hall–Kier alpha value is -3.08. The van der Waals surface area contributed by atoms with Gasteiger partial charge in [-0.2, -0.15) is 0 Å². The minimum Gasteiger partial charge on any atom is -0.368 e. The lowest BCUT2D eigenvalue weighted by atomic mass is 10.0. The minimum atomic E-state index is -0.746. The van der Waals surface area contributed by atoms with Crippen molar-refractivity contribution in [2.45, 2.75) is 12.5 Å². The molecule has 3 aromatic rings. The second kappa shape index (κ2) is 6.36. The van der Waals surface area contributed by atoms with Crippen LogP contribution in [0, 0.1) is 0 Å². The third-order valence-corrected chi connectivity index (χ3v) is 3.75. The molecule has 0 unspecified atom stereocenters. The van der Waals surface area contributed by atoms with Gasteiger partial charge in [0, 0.05) is 23.7 Å². The van der Waals surface area contributed by atoms with Gasteiger partial charge in [-0.25, -0.2) is 0 Å². The number of benzene rings is 2. The monoisotopic (exact) mass is 307 g/mol. The molecule has 0 aliphatic heterocycles. The van der Waals surface area contributed by atoms with Crippen LogP contribution in [-0.4, -0.2) is 22.8 Å². The molecule has 0 aliphatic carbocycles. The third-order valence-electron chi connectivity index (χ3n) is 3.75. The van der Waals surface area contributed by atoms with Gasteiger partial charge in [0.25, 0.3) is 5.91 Å². The molecule has 2 amide bonds. The molecule has 3 rings (SSSR count). The van der Waals surface area contributed by atoms with Gasteiger partial charge in [0.1, 0.15) is 6.04 Å². The number of rotatable bonds is 5. The van der Waals surface area contributed by atoms with E-state index in [-0.39, 0.29) is 5.91 Å².